The monoisotopic (exact) mass is 1340 g/mol. The number of rotatable bonds is 20. The van der Waals surface area contributed by atoms with Crippen molar-refractivity contribution in [3.63, 3.8) is 0 Å². The van der Waals surface area contributed by atoms with Gasteiger partial charge < -0.3 is 65.8 Å². The number of aliphatic hydroxyl groups excluding tert-OH is 1. The summed E-state index contributed by atoms with van der Waals surface area (Å²) in [6.45, 7) is 26.5. The van der Waals surface area contributed by atoms with E-state index < -0.39 is 174 Å². The highest BCUT2D eigenvalue weighted by Crippen LogP contribution is 2.26. The highest BCUT2D eigenvalue weighted by molar-refractivity contribution is 6.00. The number of aliphatic hydroxyl groups is 1. The molecule has 11 amide bonds. The second-order valence-corrected chi connectivity index (χ2v) is 27.8. The Morgan fingerprint density at radius 1 is 0.532 bits per heavy atom. The first-order chi connectivity index (χ1) is 43.3. The first-order valence-corrected chi connectivity index (χ1v) is 33.1. The second kappa shape index (κ2) is 39.0. The third kappa shape index (κ3) is 25.3. The summed E-state index contributed by atoms with van der Waals surface area (Å²) in [6.07, 6.45) is -2.04. The lowest BCUT2D eigenvalue weighted by Crippen LogP contribution is -2.64. The number of ether oxygens (including phenoxy) is 1. The van der Waals surface area contributed by atoms with Crippen LogP contribution < -0.4 is 26.6 Å². The molecule has 0 aromatic heterocycles. The Morgan fingerprint density at radius 2 is 1.00 bits per heavy atom. The lowest BCUT2D eigenvalue weighted by molar-refractivity contribution is -0.157. The molecule has 1 heterocycles. The van der Waals surface area contributed by atoms with Gasteiger partial charge in [0, 0.05) is 54.7 Å². The van der Waals surface area contributed by atoms with E-state index in [2.05, 4.69) is 26.6 Å². The third-order valence-electron chi connectivity index (χ3n) is 17.4. The molecule has 1 aliphatic heterocycles. The second-order valence-electron chi connectivity index (χ2n) is 27.8. The zero-order chi connectivity index (χ0) is 72.9. The molecule has 0 saturated carbocycles. The molecule has 0 aromatic carbocycles. The normalized spacial score (nSPS) is 26.7. The minimum atomic E-state index is -4.48. The molecule has 6 N–H and O–H groups in total. The van der Waals surface area contributed by atoms with E-state index >= 15 is 14.4 Å². The quantitative estimate of drug-likeness (QED) is 0.0753. The molecule has 94 heavy (non-hydrogen) atoms. The summed E-state index contributed by atoms with van der Waals surface area (Å²) in [6, 6.07) is -14.9. The van der Waals surface area contributed by atoms with Gasteiger partial charge in [-0.3, -0.25) is 57.6 Å². The van der Waals surface area contributed by atoms with Crippen molar-refractivity contribution in [2.24, 2.45) is 41.4 Å². The van der Waals surface area contributed by atoms with Gasteiger partial charge in [-0.05, 0) is 102 Å². The molecule has 25 nitrogen and oxygen atoms in total. The molecule has 1 rings (SSSR count). The molecular weight excluding hydrogens is 1230 g/mol. The number of hydrogen-bond acceptors (Lipinski definition) is 14. The zero-order valence-electron chi connectivity index (χ0n) is 60.6. The van der Waals surface area contributed by atoms with E-state index in [1.54, 1.807) is 60.6 Å². The molecule has 28 heteroatoms. The Labute approximate surface area is 557 Å². The van der Waals surface area contributed by atoms with Crippen LogP contribution in [0, 0.1) is 41.4 Å². The van der Waals surface area contributed by atoms with E-state index in [4.69, 9.17) is 4.74 Å². The topological polar surface area (TPSA) is 300 Å². The van der Waals surface area contributed by atoms with E-state index in [0.717, 1.165) is 19.6 Å². The number of alkyl halides is 3. The first-order valence-electron chi connectivity index (χ1n) is 33.1. The average Bonchev–Trinajstić information content (AvgIpc) is 0.807. The van der Waals surface area contributed by atoms with E-state index in [1.165, 1.54) is 91.7 Å². The molecule has 1 aliphatic rings. The molecule has 0 aromatic rings. The number of allylic oxidation sites excluding steroid dienone is 2. The van der Waals surface area contributed by atoms with Crippen LogP contribution in [0.2, 0.25) is 0 Å². The van der Waals surface area contributed by atoms with Gasteiger partial charge in [0.1, 0.15) is 66.5 Å². The molecule has 0 aliphatic carbocycles. The number of amides is 11. The van der Waals surface area contributed by atoms with E-state index in [-0.39, 0.29) is 69.6 Å². The summed E-state index contributed by atoms with van der Waals surface area (Å²) >= 11 is 0. The van der Waals surface area contributed by atoms with Gasteiger partial charge in [-0.2, -0.15) is 13.2 Å². The van der Waals surface area contributed by atoms with Gasteiger partial charge in [-0.25, -0.2) is 0 Å². The van der Waals surface area contributed by atoms with Crippen LogP contribution in [-0.2, 0) is 57.5 Å². The van der Waals surface area contributed by atoms with Gasteiger partial charge in [-0.1, -0.05) is 102 Å². The Morgan fingerprint density at radius 3 is 1.48 bits per heavy atom. The molecule has 0 bridgehead atoms. The number of halogens is 3. The van der Waals surface area contributed by atoms with Gasteiger partial charge in [0.2, 0.25) is 65.0 Å². The summed E-state index contributed by atoms with van der Waals surface area (Å²) in [5, 5.41) is 25.6. The summed E-state index contributed by atoms with van der Waals surface area (Å²) < 4.78 is 45.3. The molecule has 540 valence electrons. The number of hydrogen-bond donors (Lipinski definition) is 6. The van der Waals surface area contributed by atoms with Gasteiger partial charge in [0.05, 0.1) is 25.9 Å². The maximum atomic E-state index is 15.2. The van der Waals surface area contributed by atoms with Crippen LogP contribution in [0.5, 0.6) is 0 Å². The Bertz CT molecular complexity index is 2570. The van der Waals surface area contributed by atoms with E-state index in [9.17, 15) is 56.6 Å². The van der Waals surface area contributed by atoms with Crippen molar-refractivity contribution < 1.29 is 75.8 Å². The molecular formula is C66H117F3N12O13. The Kier molecular flexibility index (Phi) is 35.5. The van der Waals surface area contributed by atoms with Crippen LogP contribution in [0.4, 0.5) is 13.2 Å². The van der Waals surface area contributed by atoms with Crippen LogP contribution in [-0.4, -0.2) is 259 Å². The standard InChI is InChI=1S/C66H117F3N12O13/c1-25-27-28-41(13)54(82)53-59(87)72-46(26-2)61(89)76(19)45(17)56(84)74-51(42(14)34-94-30-29-75(18)35-66(67,68)69)58(86)73-50(39(9)10)64(92)77(20)47(31-36(3)4)57(85)70-43(15)55(83)71-44(16)60(88)78(21)48(32-37(5)6)62(90)79(22)49(33-38(7)8)63(91)80(23)52(40(11)12)65(93)81(53)24/h25,27,36-54,82H,26,28-35H2,1-24H3,(H,70,85)(H,71,83)(H,72,87)(H,73,86)(H,74,84)/b27-25+/t41-,42-,43+,44-,45-,46+,47+,48+,49+,50+,51+,52+,53+,54-/m1/s1. The van der Waals surface area contributed by atoms with Gasteiger partial charge in [0.25, 0.3) is 0 Å². The smallest absolute Gasteiger partial charge is 0.390 e. The summed E-state index contributed by atoms with van der Waals surface area (Å²) in [7, 11) is 9.46. The zero-order valence-corrected chi connectivity index (χ0v) is 60.6. The maximum Gasteiger partial charge on any atom is 0.401 e. The molecule has 1 saturated heterocycles. The third-order valence-corrected chi connectivity index (χ3v) is 17.4. The highest BCUT2D eigenvalue weighted by Gasteiger charge is 2.46. The largest absolute Gasteiger partial charge is 0.401 e. The Balaban J connectivity index is 4.39. The maximum absolute atomic E-state index is 15.2. The van der Waals surface area contributed by atoms with Crippen LogP contribution in [0.1, 0.15) is 150 Å². The number of nitrogens with one attached hydrogen (secondary N) is 5. The van der Waals surface area contributed by atoms with Crippen LogP contribution in [0.3, 0.4) is 0 Å². The number of nitrogens with zero attached hydrogens (tertiary/aromatic N) is 7. The van der Waals surface area contributed by atoms with Gasteiger partial charge in [0.15, 0.2) is 0 Å². The number of likely N-dealkylation sites (N-methyl/N-ethyl adjacent to an activating group) is 7. The minimum absolute atomic E-state index is 0.0709. The first kappa shape index (κ1) is 85.6. The number of carbonyl (C=O) groups is 11. The fourth-order valence-electron chi connectivity index (χ4n) is 11.3. The molecule has 14 atom stereocenters. The van der Waals surface area contributed by atoms with Crippen molar-refractivity contribution in [1.29, 1.82) is 0 Å². The molecule has 0 radical (unpaired) electrons. The van der Waals surface area contributed by atoms with E-state index in [0.29, 0.717) is 0 Å². The molecule has 0 unspecified atom stereocenters. The molecule has 1 fully saturated rings. The van der Waals surface area contributed by atoms with Crippen molar-refractivity contribution in [2.45, 2.75) is 229 Å². The predicted octanol–water partition coefficient (Wildman–Crippen LogP) is 3.42. The summed E-state index contributed by atoms with van der Waals surface area (Å²) in [5.74, 6) is -12.1. The van der Waals surface area contributed by atoms with E-state index in [1.807, 2.05) is 41.5 Å². The average molecular weight is 1340 g/mol. The van der Waals surface area contributed by atoms with Crippen LogP contribution in [0.15, 0.2) is 12.2 Å². The van der Waals surface area contributed by atoms with Crippen molar-refractivity contribution in [3.05, 3.63) is 12.2 Å². The fraction of sp³-hybridized carbons (Fsp3) is 0.803. The lowest BCUT2D eigenvalue weighted by Gasteiger charge is -2.41. The Hall–Kier alpha value is -6.42. The number of carbonyl (C=O) groups excluding carboxylic acids is 11. The lowest BCUT2D eigenvalue weighted by atomic mass is 9.91. The van der Waals surface area contributed by atoms with Crippen molar-refractivity contribution in [2.75, 3.05) is 75.6 Å². The predicted molar refractivity (Wildman–Crippen MR) is 352 cm³/mol. The van der Waals surface area contributed by atoms with Crippen molar-refractivity contribution >= 4 is 65.0 Å². The molecule has 0 spiro atoms. The highest BCUT2D eigenvalue weighted by atomic mass is 19.4. The van der Waals surface area contributed by atoms with Crippen molar-refractivity contribution in [3.8, 4) is 0 Å². The van der Waals surface area contributed by atoms with Crippen molar-refractivity contribution in [1.82, 2.24) is 60.9 Å². The minimum Gasteiger partial charge on any atom is -0.390 e. The van der Waals surface area contributed by atoms with Crippen LogP contribution in [0.25, 0.3) is 0 Å². The van der Waals surface area contributed by atoms with Gasteiger partial charge >= 0.3 is 6.18 Å². The SMILES string of the molecule is C/C=C/C[C@@H](C)[C@@H](O)[C@H]1C(=O)N[C@@H](CC)C(=O)N(C)[C@H](C)C(=O)N[C@@H]([C@H](C)COCCN(C)CC(F)(F)F)C(=O)N[C@@H](C(C)C)C(=O)N(C)[C@@H](CC(C)C)C(=O)N[C@@H](C)C(=O)N[C@H](C)C(=O)N(C)[C@@H](CC(C)C)C(=O)N(C)[C@@H](CC(C)C)C(=O)N(C)[C@@H](C(C)C)C(=O)N1C. The summed E-state index contributed by atoms with van der Waals surface area (Å²) in [5.41, 5.74) is 0. The van der Waals surface area contributed by atoms with Gasteiger partial charge in [-0.15, -0.1) is 0 Å². The fourth-order valence-corrected chi connectivity index (χ4v) is 11.3. The van der Waals surface area contributed by atoms with Crippen LogP contribution >= 0.6 is 0 Å². The summed E-state index contributed by atoms with van der Waals surface area (Å²) in [4.78, 5) is 170.